The van der Waals surface area contributed by atoms with Crippen molar-refractivity contribution in [1.29, 1.82) is 0 Å². The van der Waals surface area contributed by atoms with Crippen LogP contribution in [-0.4, -0.2) is 13.7 Å². The molecule has 104 valence electrons. The van der Waals surface area contributed by atoms with Gasteiger partial charge in [-0.3, -0.25) is 0 Å². The molecule has 1 aromatic heterocycles. The summed E-state index contributed by atoms with van der Waals surface area (Å²) >= 11 is 0. The SMILES string of the molecule is CC[n+]1ccc(C=Cc2ccc(N(C)CN)cc2)cc1. The quantitative estimate of drug-likeness (QED) is 0.667. The van der Waals surface area contributed by atoms with E-state index >= 15 is 0 Å². The van der Waals surface area contributed by atoms with Crippen LogP contribution >= 0.6 is 0 Å². The molecule has 3 heteroatoms. The third-order valence-electron chi connectivity index (χ3n) is 3.36. The topological polar surface area (TPSA) is 33.1 Å². The summed E-state index contributed by atoms with van der Waals surface area (Å²) in [6.45, 7) is 3.66. The molecule has 0 amide bonds. The van der Waals surface area contributed by atoms with Crippen LogP contribution in [0.25, 0.3) is 12.2 Å². The molecule has 0 saturated carbocycles. The van der Waals surface area contributed by atoms with Crippen molar-refractivity contribution in [3.8, 4) is 0 Å². The molecule has 0 spiro atoms. The highest BCUT2D eigenvalue weighted by atomic mass is 15.1. The Morgan fingerprint density at radius 1 is 1.00 bits per heavy atom. The van der Waals surface area contributed by atoms with Gasteiger partial charge in [-0.1, -0.05) is 24.3 Å². The molecule has 0 aliphatic rings. The first-order valence-corrected chi connectivity index (χ1v) is 6.91. The third kappa shape index (κ3) is 3.68. The maximum atomic E-state index is 5.61. The molecule has 0 radical (unpaired) electrons. The molecular weight excluding hydrogens is 246 g/mol. The molecule has 2 N–H and O–H groups in total. The van der Waals surface area contributed by atoms with Crippen LogP contribution in [0.4, 0.5) is 5.69 Å². The Morgan fingerprint density at radius 3 is 2.05 bits per heavy atom. The number of hydrogen-bond acceptors (Lipinski definition) is 2. The number of nitrogens with two attached hydrogens (primary N) is 1. The second-order valence-corrected chi connectivity index (χ2v) is 4.77. The summed E-state index contributed by atoms with van der Waals surface area (Å²) in [5.41, 5.74) is 9.14. The molecule has 0 unspecified atom stereocenters. The fourth-order valence-electron chi connectivity index (χ4n) is 1.93. The minimum atomic E-state index is 0.524. The summed E-state index contributed by atoms with van der Waals surface area (Å²) in [5, 5.41) is 0. The van der Waals surface area contributed by atoms with E-state index in [1.54, 1.807) is 0 Å². The Bertz CT molecular complexity index is 556. The van der Waals surface area contributed by atoms with E-state index in [1.807, 2.05) is 11.9 Å². The van der Waals surface area contributed by atoms with Gasteiger partial charge >= 0.3 is 0 Å². The van der Waals surface area contributed by atoms with Gasteiger partial charge in [-0.05, 0) is 30.2 Å². The molecule has 1 heterocycles. The number of benzene rings is 1. The van der Waals surface area contributed by atoms with Gasteiger partial charge in [0.2, 0.25) is 0 Å². The summed E-state index contributed by atoms with van der Waals surface area (Å²) < 4.78 is 2.15. The number of aryl methyl sites for hydroxylation is 1. The molecular formula is C17H22N3+. The molecule has 3 nitrogen and oxygen atoms in total. The van der Waals surface area contributed by atoms with E-state index in [0.29, 0.717) is 6.67 Å². The number of pyridine rings is 1. The zero-order valence-corrected chi connectivity index (χ0v) is 12.2. The van der Waals surface area contributed by atoms with Crippen molar-refractivity contribution in [3.63, 3.8) is 0 Å². The fraction of sp³-hybridized carbons (Fsp3) is 0.235. The highest BCUT2D eigenvalue weighted by Crippen LogP contribution is 2.14. The number of anilines is 1. The lowest BCUT2D eigenvalue weighted by Crippen LogP contribution is -2.30. The van der Waals surface area contributed by atoms with Crippen molar-refractivity contribution in [3.05, 3.63) is 59.9 Å². The monoisotopic (exact) mass is 268 g/mol. The summed E-state index contributed by atoms with van der Waals surface area (Å²) in [7, 11) is 1.98. The van der Waals surface area contributed by atoms with Crippen molar-refractivity contribution in [2.45, 2.75) is 13.5 Å². The van der Waals surface area contributed by atoms with Gasteiger partial charge < -0.3 is 10.6 Å². The molecule has 0 saturated heterocycles. The van der Waals surface area contributed by atoms with Gasteiger partial charge in [-0.2, -0.15) is 0 Å². The first kappa shape index (κ1) is 14.3. The lowest BCUT2D eigenvalue weighted by atomic mass is 10.1. The zero-order valence-electron chi connectivity index (χ0n) is 12.2. The Balaban J connectivity index is 2.06. The van der Waals surface area contributed by atoms with Crippen LogP contribution in [0.5, 0.6) is 0 Å². The lowest BCUT2D eigenvalue weighted by molar-refractivity contribution is -0.693. The highest BCUT2D eigenvalue weighted by molar-refractivity contribution is 5.70. The summed E-state index contributed by atoms with van der Waals surface area (Å²) in [6, 6.07) is 12.6. The summed E-state index contributed by atoms with van der Waals surface area (Å²) in [6.07, 6.45) is 8.44. The van der Waals surface area contributed by atoms with Gasteiger partial charge in [0.15, 0.2) is 12.4 Å². The van der Waals surface area contributed by atoms with Gasteiger partial charge in [-0.25, -0.2) is 4.57 Å². The predicted molar refractivity (Wildman–Crippen MR) is 85.1 cm³/mol. The maximum absolute atomic E-state index is 5.61. The Hall–Kier alpha value is -2.13. The number of hydrogen-bond donors (Lipinski definition) is 1. The van der Waals surface area contributed by atoms with E-state index in [2.05, 4.69) is 72.4 Å². The first-order chi connectivity index (χ1) is 9.72. The van der Waals surface area contributed by atoms with Gasteiger partial charge in [-0.15, -0.1) is 0 Å². The Morgan fingerprint density at radius 2 is 1.55 bits per heavy atom. The van der Waals surface area contributed by atoms with Crippen molar-refractivity contribution >= 4 is 17.8 Å². The lowest BCUT2D eigenvalue weighted by Gasteiger charge is -2.16. The highest BCUT2D eigenvalue weighted by Gasteiger charge is 1.97. The molecule has 0 aliphatic carbocycles. The van der Waals surface area contributed by atoms with E-state index in [4.69, 9.17) is 5.73 Å². The van der Waals surface area contributed by atoms with Crippen LogP contribution < -0.4 is 15.2 Å². The van der Waals surface area contributed by atoms with Gasteiger partial charge in [0.05, 0.1) is 6.67 Å². The van der Waals surface area contributed by atoms with Crippen LogP contribution in [0.15, 0.2) is 48.8 Å². The first-order valence-electron chi connectivity index (χ1n) is 6.91. The number of rotatable bonds is 5. The molecule has 0 atom stereocenters. The molecule has 2 aromatic rings. The molecule has 1 aromatic carbocycles. The van der Waals surface area contributed by atoms with E-state index in [0.717, 1.165) is 12.2 Å². The molecule has 0 aliphatic heterocycles. The maximum Gasteiger partial charge on any atom is 0.169 e. The minimum Gasteiger partial charge on any atom is -0.362 e. The number of nitrogens with zero attached hydrogens (tertiary/aromatic N) is 2. The van der Waals surface area contributed by atoms with Crippen LogP contribution in [0.1, 0.15) is 18.1 Å². The van der Waals surface area contributed by atoms with Crippen molar-refractivity contribution in [2.24, 2.45) is 5.73 Å². The minimum absolute atomic E-state index is 0.524. The zero-order chi connectivity index (χ0) is 14.4. The van der Waals surface area contributed by atoms with Gasteiger partial charge in [0, 0.05) is 24.9 Å². The largest absolute Gasteiger partial charge is 0.362 e. The van der Waals surface area contributed by atoms with Crippen molar-refractivity contribution < 1.29 is 4.57 Å². The van der Waals surface area contributed by atoms with Crippen LogP contribution in [0.2, 0.25) is 0 Å². The van der Waals surface area contributed by atoms with Crippen LogP contribution in [0.3, 0.4) is 0 Å². The van der Waals surface area contributed by atoms with Gasteiger partial charge in [0.1, 0.15) is 6.54 Å². The van der Waals surface area contributed by atoms with E-state index in [-0.39, 0.29) is 0 Å². The molecule has 0 bridgehead atoms. The average Bonchev–Trinajstić information content (AvgIpc) is 2.53. The second kappa shape index (κ2) is 6.87. The fourth-order valence-corrected chi connectivity index (χ4v) is 1.93. The third-order valence-corrected chi connectivity index (χ3v) is 3.36. The number of aromatic nitrogens is 1. The van der Waals surface area contributed by atoms with Crippen molar-refractivity contribution in [1.82, 2.24) is 0 Å². The van der Waals surface area contributed by atoms with E-state index in [9.17, 15) is 0 Å². The van der Waals surface area contributed by atoms with Crippen LogP contribution in [0, 0.1) is 0 Å². The molecule has 20 heavy (non-hydrogen) atoms. The van der Waals surface area contributed by atoms with Crippen molar-refractivity contribution in [2.75, 3.05) is 18.6 Å². The standard InChI is InChI=1S/C17H22N3/c1-3-20-12-10-16(11-13-20)5-4-15-6-8-17(9-7-15)19(2)14-18/h4-13H,3,14,18H2,1-2H3/q+1. The Labute approximate surface area is 121 Å². The molecule has 0 fully saturated rings. The second-order valence-electron chi connectivity index (χ2n) is 4.77. The predicted octanol–water partition coefficient (Wildman–Crippen LogP) is 2.52. The average molecular weight is 268 g/mol. The molecule has 2 rings (SSSR count). The van der Waals surface area contributed by atoms with Crippen LogP contribution in [-0.2, 0) is 6.54 Å². The van der Waals surface area contributed by atoms with Gasteiger partial charge in [0.25, 0.3) is 0 Å². The smallest absolute Gasteiger partial charge is 0.169 e. The van der Waals surface area contributed by atoms with E-state index in [1.165, 1.54) is 11.1 Å². The summed E-state index contributed by atoms with van der Waals surface area (Å²) in [4.78, 5) is 2.01. The normalized spacial score (nSPS) is 10.9. The van der Waals surface area contributed by atoms with E-state index < -0.39 is 0 Å². The summed E-state index contributed by atoms with van der Waals surface area (Å²) in [5.74, 6) is 0. The Kier molecular flexibility index (Phi) is 4.91.